The summed E-state index contributed by atoms with van der Waals surface area (Å²) in [5.74, 6) is -0.836. The molecule has 33 heavy (non-hydrogen) atoms. The lowest BCUT2D eigenvalue weighted by Gasteiger charge is -2.26. The lowest BCUT2D eigenvalue weighted by molar-refractivity contribution is 0.229. The average Bonchev–Trinajstić information content (AvgIpc) is 3.29. The van der Waals surface area contributed by atoms with E-state index in [1.807, 2.05) is 10.9 Å². The number of ether oxygens (including phenoxy) is 2. The molecule has 1 saturated heterocycles. The summed E-state index contributed by atoms with van der Waals surface area (Å²) in [7, 11) is 1.33. The lowest BCUT2D eigenvalue weighted by atomic mass is 10.1. The van der Waals surface area contributed by atoms with Gasteiger partial charge in [-0.1, -0.05) is 0 Å². The van der Waals surface area contributed by atoms with E-state index in [1.165, 1.54) is 32.5 Å². The summed E-state index contributed by atoms with van der Waals surface area (Å²) in [6, 6.07) is 1.31. The van der Waals surface area contributed by atoms with E-state index in [2.05, 4.69) is 30.6 Å². The third kappa shape index (κ3) is 5.74. The molecule has 2 N–H and O–H groups in total. The van der Waals surface area contributed by atoms with Gasteiger partial charge in [-0.3, -0.25) is 9.58 Å². The number of nitrogens with one attached hydrogen (secondary N) is 2. The molecule has 9 nitrogen and oxygen atoms in total. The molecule has 3 heterocycles. The summed E-state index contributed by atoms with van der Waals surface area (Å²) < 4.78 is 41.0. The van der Waals surface area contributed by atoms with Gasteiger partial charge in [-0.25, -0.2) is 18.7 Å². The van der Waals surface area contributed by atoms with Gasteiger partial charge in [-0.15, -0.1) is 0 Å². The van der Waals surface area contributed by atoms with Gasteiger partial charge in [0.05, 0.1) is 43.5 Å². The van der Waals surface area contributed by atoms with Crippen molar-refractivity contribution in [1.82, 2.24) is 30.0 Å². The minimum Gasteiger partial charge on any atom is -0.494 e. The van der Waals surface area contributed by atoms with Crippen molar-refractivity contribution in [3.8, 4) is 11.5 Å². The zero-order chi connectivity index (χ0) is 23.2. The van der Waals surface area contributed by atoms with Gasteiger partial charge in [0.15, 0.2) is 17.3 Å². The van der Waals surface area contributed by atoms with Crippen LogP contribution in [0.5, 0.6) is 11.5 Å². The molecular weight excluding hydrogens is 432 g/mol. The number of anilines is 2. The predicted molar refractivity (Wildman–Crippen MR) is 119 cm³/mol. The van der Waals surface area contributed by atoms with Crippen molar-refractivity contribution < 1.29 is 18.3 Å². The molecule has 1 fully saturated rings. The predicted octanol–water partition coefficient (Wildman–Crippen LogP) is 2.50. The van der Waals surface area contributed by atoms with Crippen molar-refractivity contribution in [3.63, 3.8) is 0 Å². The third-order valence-electron chi connectivity index (χ3n) is 5.42. The summed E-state index contributed by atoms with van der Waals surface area (Å²) >= 11 is 0. The first-order chi connectivity index (χ1) is 16.0. The number of halogens is 2. The molecule has 0 saturated carbocycles. The van der Waals surface area contributed by atoms with E-state index in [1.54, 1.807) is 6.20 Å². The van der Waals surface area contributed by atoms with Gasteiger partial charge >= 0.3 is 0 Å². The molecule has 0 aliphatic carbocycles. The van der Waals surface area contributed by atoms with Crippen LogP contribution in [0.4, 0.5) is 20.4 Å². The molecule has 11 heteroatoms. The smallest absolute Gasteiger partial charge is 0.227 e. The standard InChI is InChI=1S/C22H27F2N7O2/c1-15-9-19(32-2)21(24)18(20(15)23)14-33-17-11-26-22(27-12-17)29-16-10-28-31(13-16)8-7-30-5-3-25-4-6-30/h9-13,25H,3-8,14H2,1-2H3,(H,26,27,29). The maximum absolute atomic E-state index is 14.4. The highest BCUT2D eigenvalue weighted by molar-refractivity contribution is 5.50. The summed E-state index contributed by atoms with van der Waals surface area (Å²) in [5, 5.41) is 10.8. The SMILES string of the molecule is COc1cc(C)c(F)c(COc2cnc(Nc3cnn(CCN4CCNCC4)c3)nc2)c1F. The summed E-state index contributed by atoms with van der Waals surface area (Å²) in [4.78, 5) is 10.8. The second-order valence-corrected chi connectivity index (χ2v) is 7.74. The van der Waals surface area contributed by atoms with Gasteiger partial charge in [0.2, 0.25) is 5.95 Å². The van der Waals surface area contributed by atoms with Crippen LogP contribution >= 0.6 is 0 Å². The van der Waals surface area contributed by atoms with Crippen LogP contribution in [0.3, 0.4) is 0 Å². The number of nitrogens with zero attached hydrogens (tertiary/aromatic N) is 5. The van der Waals surface area contributed by atoms with E-state index >= 15 is 0 Å². The molecule has 0 unspecified atom stereocenters. The van der Waals surface area contributed by atoms with Crippen LogP contribution in [0.1, 0.15) is 11.1 Å². The number of rotatable bonds is 9. The van der Waals surface area contributed by atoms with Crippen LogP contribution in [0, 0.1) is 18.6 Å². The minimum absolute atomic E-state index is 0.0308. The first kappa shape index (κ1) is 22.9. The molecule has 0 amide bonds. The number of aryl methyl sites for hydroxylation is 1. The average molecular weight is 460 g/mol. The van der Waals surface area contributed by atoms with Crippen LogP contribution in [-0.4, -0.2) is 64.5 Å². The number of piperazine rings is 1. The molecule has 0 spiro atoms. The highest BCUT2D eigenvalue weighted by Crippen LogP contribution is 2.27. The Hall–Kier alpha value is -3.31. The van der Waals surface area contributed by atoms with E-state index in [-0.39, 0.29) is 29.2 Å². The second-order valence-electron chi connectivity index (χ2n) is 7.74. The molecule has 4 rings (SSSR count). The zero-order valence-electron chi connectivity index (χ0n) is 18.6. The Bertz CT molecular complexity index is 1070. The quantitative estimate of drug-likeness (QED) is 0.505. The maximum Gasteiger partial charge on any atom is 0.227 e. The molecule has 1 aliphatic heterocycles. The molecule has 1 aromatic carbocycles. The Labute approximate surface area is 190 Å². The second kappa shape index (κ2) is 10.5. The first-order valence-corrected chi connectivity index (χ1v) is 10.7. The monoisotopic (exact) mass is 459 g/mol. The Balaban J connectivity index is 1.31. The Kier molecular flexibility index (Phi) is 7.30. The third-order valence-corrected chi connectivity index (χ3v) is 5.42. The van der Waals surface area contributed by atoms with Gasteiger partial charge in [0.25, 0.3) is 0 Å². The van der Waals surface area contributed by atoms with Gasteiger partial charge in [0.1, 0.15) is 12.4 Å². The number of hydrogen-bond acceptors (Lipinski definition) is 8. The molecule has 176 valence electrons. The molecule has 3 aromatic rings. The minimum atomic E-state index is -0.784. The van der Waals surface area contributed by atoms with Gasteiger partial charge < -0.3 is 20.1 Å². The Morgan fingerprint density at radius 3 is 2.58 bits per heavy atom. The van der Waals surface area contributed by atoms with Crippen molar-refractivity contribution in [2.45, 2.75) is 20.1 Å². The number of aromatic nitrogens is 4. The van der Waals surface area contributed by atoms with E-state index < -0.39 is 11.6 Å². The van der Waals surface area contributed by atoms with Gasteiger partial charge in [-0.05, 0) is 18.6 Å². The molecule has 2 aromatic heterocycles. The lowest BCUT2D eigenvalue weighted by Crippen LogP contribution is -2.44. The van der Waals surface area contributed by atoms with Gasteiger partial charge in [0, 0.05) is 38.9 Å². The zero-order valence-corrected chi connectivity index (χ0v) is 18.6. The largest absolute Gasteiger partial charge is 0.494 e. The van der Waals surface area contributed by atoms with E-state index in [4.69, 9.17) is 9.47 Å². The molecule has 0 radical (unpaired) electrons. The first-order valence-electron chi connectivity index (χ1n) is 10.7. The molecule has 0 atom stereocenters. The highest BCUT2D eigenvalue weighted by atomic mass is 19.1. The van der Waals surface area contributed by atoms with Crippen LogP contribution in [-0.2, 0) is 13.2 Å². The van der Waals surface area contributed by atoms with Crippen molar-refractivity contribution in [2.75, 3.05) is 45.2 Å². The fourth-order valence-electron chi connectivity index (χ4n) is 3.55. The molecule has 0 bridgehead atoms. The van der Waals surface area contributed by atoms with E-state index in [0.29, 0.717) is 5.95 Å². The fraction of sp³-hybridized carbons (Fsp3) is 0.409. The van der Waals surface area contributed by atoms with E-state index in [0.717, 1.165) is 45.0 Å². The number of benzene rings is 1. The van der Waals surface area contributed by atoms with E-state index in [9.17, 15) is 8.78 Å². The molecule has 1 aliphatic rings. The molecular formula is C22H27F2N7O2. The Morgan fingerprint density at radius 2 is 1.85 bits per heavy atom. The van der Waals surface area contributed by atoms with Gasteiger partial charge in [-0.2, -0.15) is 5.10 Å². The van der Waals surface area contributed by atoms with Crippen molar-refractivity contribution in [1.29, 1.82) is 0 Å². The maximum atomic E-state index is 14.4. The van der Waals surface area contributed by atoms with Crippen LogP contribution in [0.25, 0.3) is 0 Å². The van der Waals surface area contributed by atoms with Crippen molar-refractivity contribution in [3.05, 3.63) is 53.6 Å². The van der Waals surface area contributed by atoms with Crippen molar-refractivity contribution in [2.24, 2.45) is 0 Å². The highest BCUT2D eigenvalue weighted by Gasteiger charge is 2.18. The van der Waals surface area contributed by atoms with Crippen LogP contribution in [0.2, 0.25) is 0 Å². The van der Waals surface area contributed by atoms with Crippen molar-refractivity contribution >= 4 is 11.6 Å². The fourth-order valence-corrected chi connectivity index (χ4v) is 3.55. The number of hydrogen-bond donors (Lipinski definition) is 2. The number of methoxy groups -OCH3 is 1. The summed E-state index contributed by atoms with van der Waals surface area (Å²) in [5.41, 5.74) is 0.832. The normalized spacial score (nSPS) is 14.3. The summed E-state index contributed by atoms with van der Waals surface area (Å²) in [6.45, 7) is 7.10. The topological polar surface area (TPSA) is 89.4 Å². The summed E-state index contributed by atoms with van der Waals surface area (Å²) in [6.07, 6.45) is 6.48. The van der Waals surface area contributed by atoms with Crippen LogP contribution < -0.4 is 20.1 Å². The van der Waals surface area contributed by atoms with Crippen LogP contribution in [0.15, 0.2) is 30.9 Å². The Morgan fingerprint density at radius 1 is 1.09 bits per heavy atom.